The lowest BCUT2D eigenvalue weighted by atomic mass is 9.90. The van der Waals surface area contributed by atoms with E-state index in [0.29, 0.717) is 6.42 Å². The van der Waals surface area contributed by atoms with Gasteiger partial charge in [-0.25, -0.2) is 0 Å². The predicted octanol–water partition coefficient (Wildman–Crippen LogP) is 3.37. The number of hydrogen-bond donors (Lipinski definition) is 0. The molecule has 3 nitrogen and oxygen atoms in total. The van der Waals surface area contributed by atoms with E-state index in [9.17, 15) is 4.79 Å². The van der Waals surface area contributed by atoms with Crippen LogP contribution >= 0.6 is 0 Å². The van der Waals surface area contributed by atoms with Crippen molar-refractivity contribution in [3.63, 3.8) is 0 Å². The summed E-state index contributed by atoms with van der Waals surface area (Å²) in [6.07, 6.45) is 0.797. The van der Waals surface area contributed by atoms with Crippen LogP contribution in [0.4, 0.5) is 0 Å². The number of hydrogen-bond acceptors (Lipinski definition) is 3. The van der Waals surface area contributed by atoms with Crippen LogP contribution in [0.25, 0.3) is 0 Å². The third-order valence-corrected chi connectivity index (χ3v) is 2.24. The number of carbonyl (C=O) groups is 1. The van der Waals surface area contributed by atoms with Crippen LogP contribution in [-0.4, -0.2) is 19.4 Å². The molecular formula is C13H26O3. The maximum absolute atomic E-state index is 11.6. The van der Waals surface area contributed by atoms with Crippen molar-refractivity contribution in [3.8, 4) is 0 Å². The Morgan fingerprint density at radius 3 is 1.94 bits per heavy atom. The zero-order chi connectivity index (χ0) is 13.0. The van der Waals surface area contributed by atoms with Crippen LogP contribution in [0.15, 0.2) is 0 Å². The molecule has 0 heterocycles. The third kappa shape index (κ3) is 6.83. The van der Waals surface area contributed by atoms with Gasteiger partial charge in [0.15, 0.2) is 0 Å². The second-order valence-electron chi connectivity index (χ2n) is 6.48. The van der Waals surface area contributed by atoms with Gasteiger partial charge in [0.05, 0.1) is 0 Å². The molecule has 0 saturated carbocycles. The van der Waals surface area contributed by atoms with E-state index in [-0.39, 0.29) is 16.8 Å². The summed E-state index contributed by atoms with van der Waals surface area (Å²) in [5.41, 5.74) is -0.0323. The molecule has 0 bridgehead atoms. The van der Waals surface area contributed by atoms with Gasteiger partial charge in [0.1, 0.15) is 0 Å². The van der Waals surface area contributed by atoms with Crippen LogP contribution in [-0.2, 0) is 14.3 Å². The normalized spacial score (nSPS) is 14.7. The lowest BCUT2D eigenvalue weighted by molar-refractivity contribution is -0.195. The summed E-state index contributed by atoms with van der Waals surface area (Å²) in [5.74, 6) is -0.184. The van der Waals surface area contributed by atoms with Gasteiger partial charge in [-0.1, -0.05) is 41.5 Å². The fraction of sp³-hybridized carbons (Fsp3) is 0.923. The van der Waals surface area contributed by atoms with E-state index in [4.69, 9.17) is 9.47 Å². The first-order valence-corrected chi connectivity index (χ1v) is 5.78. The smallest absolute Gasteiger partial charge is 0.308 e. The molecule has 0 amide bonds. The third-order valence-electron chi connectivity index (χ3n) is 2.24. The van der Waals surface area contributed by atoms with Gasteiger partial charge in [-0.15, -0.1) is 0 Å². The van der Waals surface area contributed by atoms with Crippen LogP contribution in [0, 0.1) is 10.8 Å². The summed E-state index contributed by atoms with van der Waals surface area (Å²) < 4.78 is 10.5. The maximum Gasteiger partial charge on any atom is 0.308 e. The van der Waals surface area contributed by atoms with E-state index in [1.165, 1.54) is 0 Å². The molecular weight excluding hydrogens is 204 g/mol. The molecule has 3 heteroatoms. The minimum Gasteiger partial charge on any atom is -0.435 e. The molecule has 1 atom stereocenters. The lowest BCUT2D eigenvalue weighted by Crippen LogP contribution is -2.33. The second kappa shape index (κ2) is 5.67. The van der Waals surface area contributed by atoms with Gasteiger partial charge in [0.25, 0.3) is 0 Å². The zero-order valence-electron chi connectivity index (χ0n) is 11.7. The van der Waals surface area contributed by atoms with Gasteiger partial charge >= 0.3 is 5.97 Å². The minimum absolute atomic E-state index is 0.156. The molecule has 0 aliphatic carbocycles. The van der Waals surface area contributed by atoms with Gasteiger partial charge in [-0.05, 0) is 11.8 Å². The maximum atomic E-state index is 11.6. The molecule has 0 radical (unpaired) electrons. The number of esters is 1. The predicted molar refractivity (Wildman–Crippen MR) is 65.0 cm³/mol. The van der Waals surface area contributed by atoms with Crippen molar-refractivity contribution in [3.05, 3.63) is 0 Å². The second-order valence-corrected chi connectivity index (χ2v) is 6.48. The average molecular weight is 230 g/mol. The Balaban J connectivity index is 4.13. The number of methoxy groups -OCH3 is 1. The first-order chi connectivity index (χ1) is 7.06. The van der Waals surface area contributed by atoms with E-state index < -0.39 is 6.29 Å². The Morgan fingerprint density at radius 2 is 1.62 bits per heavy atom. The first-order valence-electron chi connectivity index (χ1n) is 5.78. The van der Waals surface area contributed by atoms with Crippen molar-refractivity contribution in [1.29, 1.82) is 0 Å². The molecule has 0 saturated heterocycles. The van der Waals surface area contributed by atoms with Crippen LogP contribution in [0.2, 0.25) is 0 Å². The van der Waals surface area contributed by atoms with E-state index in [1.54, 1.807) is 7.11 Å². The summed E-state index contributed by atoms with van der Waals surface area (Å²) in [7, 11) is 1.56. The van der Waals surface area contributed by atoms with Gasteiger partial charge < -0.3 is 9.47 Å². The van der Waals surface area contributed by atoms with Crippen molar-refractivity contribution in [2.75, 3.05) is 7.11 Å². The first kappa shape index (κ1) is 15.4. The van der Waals surface area contributed by atoms with Crippen molar-refractivity contribution in [1.82, 2.24) is 0 Å². The quantitative estimate of drug-likeness (QED) is 0.548. The Kier molecular flexibility index (Phi) is 5.47. The molecule has 1 unspecified atom stereocenters. The fourth-order valence-corrected chi connectivity index (χ4v) is 1.23. The van der Waals surface area contributed by atoms with Gasteiger partial charge in [0.2, 0.25) is 6.29 Å². The number of rotatable bonds is 4. The molecule has 0 aliphatic heterocycles. The standard InChI is InChI=1S/C13H26O3/c1-12(2,3)9-8-10(14)16-11(15-7)13(4,5)6/h11H,8-9H2,1-7H3. The highest BCUT2D eigenvalue weighted by Crippen LogP contribution is 2.25. The summed E-state index contributed by atoms with van der Waals surface area (Å²) in [4.78, 5) is 11.6. The minimum atomic E-state index is -0.472. The average Bonchev–Trinajstić information content (AvgIpc) is 2.07. The zero-order valence-corrected chi connectivity index (χ0v) is 11.7. The SMILES string of the molecule is COC(OC(=O)CCC(C)(C)C)C(C)(C)C. The summed E-state index contributed by atoms with van der Waals surface area (Å²) in [6, 6.07) is 0. The van der Waals surface area contributed by atoms with Crippen LogP contribution in [0.3, 0.4) is 0 Å². The molecule has 0 aliphatic rings. The summed E-state index contributed by atoms with van der Waals surface area (Å²) in [6.45, 7) is 12.3. The Labute approximate surface area is 99.5 Å². The molecule has 0 fully saturated rings. The van der Waals surface area contributed by atoms with E-state index in [1.807, 2.05) is 20.8 Å². The molecule has 16 heavy (non-hydrogen) atoms. The van der Waals surface area contributed by atoms with Crippen molar-refractivity contribution >= 4 is 5.97 Å². The fourth-order valence-electron chi connectivity index (χ4n) is 1.23. The highest BCUT2D eigenvalue weighted by molar-refractivity contribution is 5.69. The summed E-state index contributed by atoms with van der Waals surface area (Å²) in [5, 5.41) is 0. The molecule has 0 aromatic rings. The largest absolute Gasteiger partial charge is 0.435 e. The van der Waals surface area contributed by atoms with Crippen molar-refractivity contribution < 1.29 is 14.3 Å². The van der Waals surface area contributed by atoms with E-state index >= 15 is 0 Å². The monoisotopic (exact) mass is 230 g/mol. The Bertz CT molecular complexity index is 220. The highest BCUT2D eigenvalue weighted by atomic mass is 16.7. The number of carbonyl (C=O) groups excluding carboxylic acids is 1. The molecule has 0 spiro atoms. The van der Waals surface area contributed by atoms with Crippen LogP contribution in [0.1, 0.15) is 54.4 Å². The molecule has 96 valence electrons. The van der Waals surface area contributed by atoms with E-state index in [0.717, 1.165) is 6.42 Å². The molecule has 0 rings (SSSR count). The van der Waals surface area contributed by atoms with Crippen LogP contribution < -0.4 is 0 Å². The lowest BCUT2D eigenvalue weighted by Gasteiger charge is -2.29. The Hall–Kier alpha value is -0.570. The molecule has 0 N–H and O–H groups in total. The van der Waals surface area contributed by atoms with Gasteiger partial charge in [-0.3, -0.25) is 4.79 Å². The molecule has 0 aromatic heterocycles. The van der Waals surface area contributed by atoms with Gasteiger partial charge in [-0.2, -0.15) is 0 Å². The van der Waals surface area contributed by atoms with E-state index in [2.05, 4.69) is 20.8 Å². The summed E-state index contributed by atoms with van der Waals surface area (Å²) >= 11 is 0. The van der Waals surface area contributed by atoms with Crippen molar-refractivity contribution in [2.24, 2.45) is 10.8 Å². The number of ether oxygens (including phenoxy) is 2. The van der Waals surface area contributed by atoms with Crippen molar-refractivity contribution in [2.45, 2.75) is 60.7 Å². The highest BCUT2D eigenvalue weighted by Gasteiger charge is 2.28. The van der Waals surface area contributed by atoms with Crippen LogP contribution in [0.5, 0.6) is 0 Å². The molecule has 0 aromatic carbocycles. The topological polar surface area (TPSA) is 35.5 Å². The van der Waals surface area contributed by atoms with Gasteiger partial charge in [0, 0.05) is 18.9 Å². The Morgan fingerprint density at radius 1 is 1.12 bits per heavy atom.